The molecule has 2 N–H and O–H groups in total. The summed E-state index contributed by atoms with van der Waals surface area (Å²) >= 11 is 6.19. The van der Waals surface area contributed by atoms with Crippen molar-refractivity contribution in [3.8, 4) is 5.75 Å². The van der Waals surface area contributed by atoms with Crippen LogP contribution in [0.5, 0.6) is 5.75 Å². The quantitative estimate of drug-likeness (QED) is 0.432. The van der Waals surface area contributed by atoms with Gasteiger partial charge in [0.05, 0.1) is 23.7 Å². The van der Waals surface area contributed by atoms with Crippen molar-refractivity contribution in [1.29, 1.82) is 0 Å². The van der Waals surface area contributed by atoms with E-state index in [-0.39, 0.29) is 22.9 Å². The molecule has 2 heterocycles. The second kappa shape index (κ2) is 8.42. The molecule has 1 saturated heterocycles. The van der Waals surface area contributed by atoms with E-state index in [4.69, 9.17) is 21.1 Å². The fraction of sp³-hybridized carbons (Fsp3) is 0.348. The van der Waals surface area contributed by atoms with Crippen LogP contribution in [0.25, 0.3) is 10.9 Å². The van der Waals surface area contributed by atoms with Crippen LogP contribution in [0, 0.1) is 12.7 Å². The van der Waals surface area contributed by atoms with Gasteiger partial charge in [0.25, 0.3) is 0 Å². The SMILES string of the molecule is CCNCC1(C(Nc2cccc3nc(C)ccc23)c2cc(F)cc(Cl)c2OC)OC1(F)F. The minimum atomic E-state index is -3.45. The summed E-state index contributed by atoms with van der Waals surface area (Å²) < 4.78 is 54.2. The number of epoxide rings is 1. The van der Waals surface area contributed by atoms with E-state index >= 15 is 0 Å². The highest BCUT2D eigenvalue weighted by Gasteiger charge is 2.78. The molecule has 32 heavy (non-hydrogen) atoms. The third kappa shape index (κ3) is 3.87. The van der Waals surface area contributed by atoms with Crippen molar-refractivity contribution in [2.24, 2.45) is 0 Å². The molecule has 2 atom stereocenters. The van der Waals surface area contributed by atoms with Crippen molar-refractivity contribution in [3.05, 3.63) is 64.6 Å². The molecule has 0 radical (unpaired) electrons. The van der Waals surface area contributed by atoms with E-state index in [9.17, 15) is 13.2 Å². The number of benzene rings is 2. The van der Waals surface area contributed by atoms with Crippen LogP contribution in [-0.2, 0) is 4.74 Å². The maximum absolute atomic E-state index is 14.7. The van der Waals surface area contributed by atoms with E-state index in [1.807, 2.05) is 25.1 Å². The standard InChI is InChI=1S/C23H23ClF3N3O2/c1-4-28-12-22(23(26,27)32-22)21(16-10-14(25)11-17(24)20(16)31-3)30-19-7-5-6-18-15(19)9-8-13(2)29-18/h5-11,21,28,30H,4,12H2,1-3H3. The number of anilines is 1. The Labute approximate surface area is 188 Å². The summed E-state index contributed by atoms with van der Waals surface area (Å²) in [5, 5.41) is 6.80. The molecule has 1 aromatic heterocycles. The first kappa shape index (κ1) is 22.6. The minimum Gasteiger partial charge on any atom is -0.495 e. The normalized spacial score (nSPS) is 20.2. The Hall–Kier alpha value is -2.55. The van der Waals surface area contributed by atoms with Gasteiger partial charge in [-0.3, -0.25) is 9.72 Å². The zero-order chi connectivity index (χ0) is 23.1. The molecule has 0 saturated carbocycles. The monoisotopic (exact) mass is 465 g/mol. The summed E-state index contributed by atoms with van der Waals surface area (Å²) in [5.41, 5.74) is 0.218. The van der Waals surface area contributed by atoms with Gasteiger partial charge >= 0.3 is 6.11 Å². The zero-order valence-corrected chi connectivity index (χ0v) is 18.6. The second-order valence-electron chi connectivity index (χ2n) is 7.70. The predicted molar refractivity (Wildman–Crippen MR) is 118 cm³/mol. The molecule has 3 aromatic rings. The molecule has 0 aliphatic carbocycles. The lowest BCUT2D eigenvalue weighted by atomic mass is 9.90. The average molecular weight is 466 g/mol. The fourth-order valence-corrected chi connectivity index (χ4v) is 4.27. The van der Waals surface area contributed by atoms with Crippen molar-refractivity contribution in [3.63, 3.8) is 0 Å². The number of aryl methyl sites for hydroxylation is 1. The number of aromatic nitrogens is 1. The van der Waals surface area contributed by atoms with Crippen LogP contribution in [0.3, 0.4) is 0 Å². The lowest BCUT2D eigenvalue weighted by molar-refractivity contribution is 0.000483. The van der Waals surface area contributed by atoms with Gasteiger partial charge < -0.3 is 15.4 Å². The predicted octanol–water partition coefficient (Wildman–Crippen LogP) is 5.47. The molecule has 1 fully saturated rings. The summed E-state index contributed by atoms with van der Waals surface area (Å²) in [7, 11) is 1.35. The number of halogens is 4. The smallest absolute Gasteiger partial charge is 0.389 e. The zero-order valence-electron chi connectivity index (χ0n) is 17.8. The van der Waals surface area contributed by atoms with Crippen LogP contribution in [0.2, 0.25) is 5.02 Å². The Bertz CT molecular complexity index is 1160. The topological polar surface area (TPSA) is 58.7 Å². The van der Waals surface area contributed by atoms with E-state index < -0.39 is 23.6 Å². The highest BCUT2D eigenvalue weighted by atomic mass is 35.5. The number of rotatable bonds is 8. The maximum Gasteiger partial charge on any atom is 0.389 e. The molecule has 170 valence electrons. The number of hydrogen-bond donors (Lipinski definition) is 2. The third-order valence-corrected chi connectivity index (χ3v) is 5.87. The summed E-state index contributed by atoms with van der Waals surface area (Å²) in [5.74, 6) is -0.572. The summed E-state index contributed by atoms with van der Waals surface area (Å²) in [6.45, 7) is 3.95. The number of pyridine rings is 1. The number of likely N-dealkylation sites (N-methyl/N-ethyl adjacent to an activating group) is 1. The largest absolute Gasteiger partial charge is 0.495 e. The molecule has 0 bridgehead atoms. The van der Waals surface area contributed by atoms with Crippen molar-refractivity contribution < 1.29 is 22.6 Å². The van der Waals surface area contributed by atoms with Gasteiger partial charge in [-0.05, 0) is 49.9 Å². The molecule has 2 unspecified atom stereocenters. The average Bonchev–Trinajstić information content (AvgIpc) is 3.31. The third-order valence-electron chi connectivity index (χ3n) is 5.59. The van der Waals surface area contributed by atoms with Crippen LogP contribution >= 0.6 is 11.6 Å². The molecule has 2 aromatic carbocycles. The Morgan fingerprint density at radius 3 is 2.62 bits per heavy atom. The van der Waals surface area contributed by atoms with Crippen LogP contribution in [-0.4, -0.2) is 36.9 Å². The summed E-state index contributed by atoms with van der Waals surface area (Å²) in [6.07, 6.45) is -3.45. The molecule has 1 aliphatic rings. The molecule has 4 rings (SSSR count). The molecular formula is C23H23ClF3N3O2. The van der Waals surface area contributed by atoms with Gasteiger partial charge in [-0.2, -0.15) is 8.78 Å². The minimum absolute atomic E-state index is 0.0212. The van der Waals surface area contributed by atoms with E-state index in [1.165, 1.54) is 7.11 Å². The molecule has 0 spiro atoms. The second-order valence-corrected chi connectivity index (χ2v) is 8.11. The first-order valence-electron chi connectivity index (χ1n) is 10.2. The van der Waals surface area contributed by atoms with Gasteiger partial charge in [0.15, 0.2) is 0 Å². The van der Waals surface area contributed by atoms with E-state index in [0.717, 1.165) is 23.2 Å². The highest BCUT2D eigenvalue weighted by Crippen LogP contribution is 2.59. The number of nitrogens with one attached hydrogen (secondary N) is 2. The van der Waals surface area contributed by atoms with Gasteiger partial charge in [-0.25, -0.2) is 4.39 Å². The lowest BCUT2D eigenvalue weighted by Crippen LogP contribution is -2.42. The lowest BCUT2D eigenvalue weighted by Gasteiger charge is -2.29. The summed E-state index contributed by atoms with van der Waals surface area (Å²) in [6, 6.07) is 10.1. The number of hydrogen-bond acceptors (Lipinski definition) is 5. The Balaban J connectivity index is 1.89. The fourth-order valence-electron chi connectivity index (χ4n) is 3.98. The van der Waals surface area contributed by atoms with Gasteiger partial charge in [-0.1, -0.05) is 24.6 Å². The number of ether oxygens (including phenoxy) is 2. The van der Waals surface area contributed by atoms with Crippen molar-refractivity contribution in [1.82, 2.24) is 10.3 Å². The van der Waals surface area contributed by atoms with Crippen LogP contribution in [0.4, 0.5) is 18.9 Å². The molecule has 9 heteroatoms. The van der Waals surface area contributed by atoms with E-state index in [0.29, 0.717) is 17.7 Å². The number of nitrogens with zero attached hydrogens (tertiary/aromatic N) is 1. The number of alkyl halides is 2. The van der Waals surface area contributed by atoms with Crippen LogP contribution in [0.1, 0.15) is 24.2 Å². The van der Waals surface area contributed by atoms with Gasteiger partial charge in [0.1, 0.15) is 11.6 Å². The number of methoxy groups -OCH3 is 1. The van der Waals surface area contributed by atoms with Crippen molar-refractivity contribution >= 4 is 28.2 Å². The van der Waals surface area contributed by atoms with E-state index in [2.05, 4.69) is 15.6 Å². The van der Waals surface area contributed by atoms with Crippen LogP contribution < -0.4 is 15.4 Å². The Morgan fingerprint density at radius 2 is 1.97 bits per heavy atom. The maximum atomic E-state index is 14.7. The van der Waals surface area contributed by atoms with Crippen LogP contribution in [0.15, 0.2) is 42.5 Å². The van der Waals surface area contributed by atoms with E-state index in [1.54, 1.807) is 19.1 Å². The molecule has 1 aliphatic heterocycles. The van der Waals surface area contributed by atoms with Gasteiger partial charge in [0.2, 0.25) is 5.60 Å². The molecule has 0 amide bonds. The van der Waals surface area contributed by atoms with Gasteiger partial charge in [-0.15, -0.1) is 0 Å². The first-order chi connectivity index (χ1) is 15.2. The van der Waals surface area contributed by atoms with Crippen molar-refractivity contribution in [2.75, 3.05) is 25.5 Å². The Morgan fingerprint density at radius 1 is 1.22 bits per heavy atom. The first-order valence-corrected chi connectivity index (χ1v) is 10.5. The van der Waals surface area contributed by atoms with Gasteiger partial charge in [0, 0.05) is 28.9 Å². The molecule has 5 nitrogen and oxygen atoms in total. The summed E-state index contributed by atoms with van der Waals surface area (Å²) in [4.78, 5) is 4.50. The van der Waals surface area contributed by atoms with Crippen molar-refractivity contribution in [2.45, 2.75) is 31.6 Å². The number of fused-ring (bicyclic) bond motifs is 1. The Kier molecular flexibility index (Phi) is 5.96. The molecular weight excluding hydrogens is 443 g/mol. The highest BCUT2D eigenvalue weighted by molar-refractivity contribution is 6.32.